The van der Waals surface area contributed by atoms with E-state index in [1.165, 1.54) is 11.6 Å². The first-order valence-corrected chi connectivity index (χ1v) is 15.2. The number of hydrogen-bond donors (Lipinski definition) is 0. The molecule has 0 saturated heterocycles. The second-order valence-corrected chi connectivity index (χ2v) is 11.3. The fraction of sp³-hybridized carbons (Fsp3) is 0.184. The summed E-state index contributed by atoms with van der Waals surface area (Å²) in [4.78, 5) is 45.2. The van der Waals surface area contributed by atoms with Crippen molar-refractivity contribution < 1.29 is 9.59 Å². The van der Waals surface area contributed by atoms with Crippen LogP contribution in [0.15, 0.2) is 122 Å². The number of carbonyl (C=O) groups excluding carboxylic acids is 2. The molecular formula is C38H35N5O2. The van der Waals surface area contributed by atoms with Crippen LogP contribution in [0.5, 0.6) is 0 Å². The molecule has 0 N–H and O–H groups in total. The highest BCUT2D eigenvalue weighted by Crippen LogP contribution is 2.24. The molecule has 0 aliphatic carbocycles. The zero-order valence-electron chi connectivity index (χ0n) is 25.3. The first kappa shape index (κ1) is 29.6. The van der Waals surface area contributed by atoms with Gasteiger partial charge in [0.1, 0.15) is 6.04 Å². The van der Waals surface area contributed by atoms with Crippen LogP contribution in [0.2, 0.25) is 0 Å². The third-order valence-corrected chi connectivity index (χ3v) is 8.16. The number of benzene rings is 3. The minimum Gasteiger partial charge on any atom is -0.336 e. The molecule has 1 aliphatic rings. The van der Waals surface area contributed by atoms with Crippen LogP contribution in [0, 0.1) is 6.92 Å². The lowest BCUT2D eigenvalue weighted by molar-refractivity contribution is -0.144. The molecule has 1 aliphatic heterocycles. The molecule has 1 atom stereocenters. The smallest absolute Gasteiger partial charge is 0.247 e. The van der Waals surface area contributed by atoms with Gasteiger partial charge in [-0.05, 0) is 53.3 Å². The van der Waals surface area contributed by atoms with Crippen molar-refractivity contribution in [1.29, 1.82) is 0 Å². The van der Waals surface area contributed by atoms with Crippen LogP contribution < -0.4 is 0 Å². The first-order valence-electron chi connectivity index (χ1n) is 15.2. The summed E-state index contributed by atoms with van der Waals surface area (Å²) in [6.45, 7) is 3.37. The summed E-state index contributed by atoms with van der Waals surface area (Å²) in [6, 6.07) is 29.2. The van der Waals surface area contributed by atoms with Gasteiger partial charge in [-0.15, -0.1) is 0 Å². The highest BCUT2D eigenvalue weighted by atomic mass is 16.2. The van der Waals surface area contributed by atoms with Crippen molar-refractivity contribution in [3.05, 3.63) is 155 Å². The highest BCUT2D eigenvalue weighted by Gasteiger charge is 2.34. The summed E-state index contributed by atoms with van der Waals surface area (Å²) < 4.78 is 0. The van der Waals surface area contributed by atoms with Crippen LogP contribution >= 0.6 is 0 Å². The van der Waals surface area contributed by atoms with E-state index in [-0.39, 0.29) is 18.4 Å². The van der Waals surface area contributed by atoms with Gasteiger partial charge in [-0.1, -0.05) is 84.9 Å². The average molecular weight is 594 g/mol. The third-order valence-electron chi connectivity index (χ3n) is 8.16. The van der Waals surface area contributed by atoms with Crippen molar-refractivity contribution in [3.8, 4) is 11.3 Å². The zero-order chi connectivity index (χ0) is 31.0. The summed E-state index contributed by atoms with van der Waals surface area (Å²) in [5.74, 6) is -0.304. The van der Waals surface area contributed by atoms with Crippen LogP contribution in [0.1, 0.15) is 33.5 Å². The molecule has 3 aromatic carbocycles. The summed E-state index contributed by atoms with van der Waals surface area (Å²) in [5.41, 5.74) is 7.75. The van der Waals surface area contributed by atoms with E-state index in [0.29, 0.717) is 25.2 Å². The Morgan fingerprint density at radius 2 is 1.62 bits per heavy atom. The molecule has 0 spiro atoms. The largest absolute Gasteiger partial charge is 0.336 e. The number of carbonyl (C=O) groups is 2. The molecule has 6 rings (SSSR count). The molecular weight excluding hydrogens is 558 g/mol. The van der Waals surface area contributed by atoms with Crippen LogP contribution in [0.25, 0.3) is 17.3 Å². The van der Waals surface area contributed by atoms with Crippen LogP contribution in [0.3, 0.4) is 0 Å². The lowest BCUT2D eigenvalue weighted by atomic mass is 9.97. The maximum absolute atomic E-state index is 14.5. The van der Waals surface area contributed by atoms with E-state index in [9.17, 15) is 9.59 Å². The Bertz CT molecular complexity index is 1770. The zero-order valence-corrected chi connectivity index (χ0v) is 25.3. The molecule has 7 nitrogen and oxygen atoms in total. The maximum Gasteiger partial charge on any atom is 0.247 e. The minimum absolute atomic E-state index is 0.0558. The van der Waals surface area contributed by atoms with Gasteiger partial charge in [0, 0.05) is 56.3 Å². The molecule has 3 heterocycles. The molecule has 0 radical (unpaired) electrons. The monoisotopic (exact) mass is 593 g/mol. The molecule has 224 valence electrons. The van der Waals surface area contributed by atoms with Gasteiger partial charge in [0.25, 0.3) is 0 Å². The van der Waals surface area contributed by atoms with Crippen molar-refractivity contribution in [1.82, 2.24) is 24.8 Å². The van der Waals surface area contributed by atoms with Gasteiger partial charge < -0.3 is 9.80 Å². The molecule has 0 fully saturated rings. The van der Waals surface area contributed by atoms with Crippen molar-refractivity contribution in [2.45, 2.75) is 38.9 Å². The van der Waals surface area contributed by atoms with Gasteiger partial charge in [-0.2, -0.15) is 0 Å². The second kappa shape index (κ2) is 13.9. The van der Waals surface area contributed by atoms with Gasteiger partial charge in [-0.3, -0.25) is 24.5 Å². The van der Waals surface area contributed by atoms with E-state index >= 15 is 0 Å². The lowest BCUT2D eigenvalue weighted by Gasteiger charge is -2.37. The Morgan fingerprint density at radius 1 is 0.844 bits per heavy atom. The number of hydrogen-bond acceptors (Lipinski definition) is 5. The normalized spacial score (nSPS) is 13.3. The molecule has 0 unspecified atom stereocenters. The number of aryl methyl sites for hydroxylation is 1. The van der Waals surface area contributed by atoms with E-state index in [0.717, 1.165) is 39.9 Å². The van der Waals surface area contributed by atoms with E-state index in [1.807, 2.05) is 90.7 Å². The third kappa shape index (κ3) is 7.39. The van der Waals surface area contributed by atoms with E-state index in [2.05, 4.69) is 27.1 Å². The van der Waals surface area contributed by atoms with E-state index in [1.54, 1.807) is 35.8 Å². The molecule has 0 saturated carbocycles. The SMILES string of the molecule is Cc1ccc(C=CC(=O)N(Cc2ccc(-c3cnccn3)cc2)[C@@H](Cc2ccccc2)C(=O)N2CCc3ccccc3C2)nc1. The molecule has 0 bridgehead atoms. The number of pyridine rings is 1. The fourth-order valence-corrected chi connectivity index (χ4v) is 5.66. The predicted molar refractivity (Wildman–Crippen MR) is 176 cm³/mol. The Balaban J connectivity index is 1.34. The van der Waals surface area contributed by atoms with Gasteiger partial charge >= 0.3 is 0 Å². The highest BCUT2D eigenvalue weighted by molar-refractivity contribution is 5.95. The van der Waals surface area contributed by atoms with Crippen LogP contribution in [0.4, 0.5) is 0 Å². The molecule has 45 heavy (non-hydrogen) atoms. The lowest BCUT2D eigenvalue weighted by Crippen LogP contribution is -2.52. The fourth-order valence-electron chi connectivity index (χ4n) is 5.66. The Hall–Kier alpha value is -5.43. The Morgan fingerprint density at radius 3 is 2.36 bits per heavy atom. The van der Waals surface area contributed by atoms with Gasteiger partial charge in [0.2, 0.25) is 11.8 Å². The van der Waals surface area contributed by atoms with E-state index in [4.69, 9.17) is 0 Å². The number of rotatable bonds is 9. The maximum atomic E-state index is 14.5. The van der Waals surface area contributed by atoms with Crippen LogP contribution in [-0.4, -0.2) is 49.2 Å². The topological polar surface area (TPSA) is 79.3 Å². The quantitative estimate of drug-likeness (QED) is 0.194. The van der Waals surface area contributed by atoms with Crippen molar-refractivity contribution in [2.75, 3.05) is 6.54 Å². The van der Waals surface area contributed by atoms with Gasteiger partial charge in [-0.25, -0.2) is 0 Å². The first-order chi connectivity index (χ1) is 22.0. The minimum atomic E-state index is -0.708. The van der Waals surface area contributed by atoms with Gasteiger partial charge in [0.05, 0.1) is 17.6 Å². The molecule has 2 amide bonds. The number of amides is 2. The van der Waals surface area contributed by atoms with Crippen molar-refractivity contribution in [2.24, 2.45) is 0 Å². The van der Waals surface area contributed by atoms with Gasteiger partial charge in [0.15, 0.2) is 0 Å². The predicted octanol–water partition coefficient (Wildman–Crippen LogP) is 6.09. The standard InChI is InChI=1S/C38H35N5O2/c1-28-11-16-34(41-24-28)17-18-37(44)43(26-30-12-14-32(15-13-30)35-25-39-20-21-40-35)36(23-29-7-3-2-4-8-29)38(45)42-22-19-31-9-5-6-10-33(31)27-42/h2-18,20-21,24-25,36H,19,22-23,26-27H2,1H3/t36-/m0/s1. The molecule has 7 heteroatoms. The summed E-state index contributed by atoms with van der Waals surface area (Å²) in [5, 5.41) is 0. The summed E-state index contributed by atoms with van der Waals surface area (Å²) in [7, 11) is 0. The van der Waals surface area contributed by atoms with E-state index < -0.39 is 6.04 Å². The Kier molecular flexibility index (Phi) is 9.16. The molecule has 2 aromatic heterocycles. The van der Waals surface area contributed by atoms with Crippen LogP contribution in [-0.2, 0) is 35.5 Å². The number of aromatic nitrogens is 3. The summed E-state index contributed by atoms with van der Waals surface area (Å²) >= 11 is 0. The Labute approximate surface area is 263 Å². The van der Waals surface area contributed by atoms with Crippen molar-refractivity contribution >= 4 is 17.9 Å². The number of nitrogens with zero attached hydrogens (tertiary/aromatic N) is 5. The number of fused-ring (bicyclic) bond motifs is 1. The second-order valence-electron chi connectivity index (χ2n) is 11.3. The van der Waals surface area contributed by atoms with Crippen molar-refractivity contribution in [3.63, 3.8) is 0 Å². The molecule has 5 aromatic rings. The summed E-state index contributed by atoms with van der Waals surface area (Å²) in [6.07, 6.45) is 11.2. The average Bonchev–Trinajstić information content (AvgIpc) is 3.10.